The molecule has 5 heteroatoms. The normalized spacial score (nSPS) is 18.7. The zero-order valence-electron chi connectivity index (χ0n) is 15.8. The molecule has 1 unspecified atom stereocenters. The lowest BCUT2D eigenvalue weighted by molar-refractivity contribution is -0.150. The van der Waals surface area contributed by atoms with Gasteiger partial charge in [0.25, 0.3) is 5.91 Å². The molecule has 2 heterocycles. The number of carbonyl (C=O) groups excluding carboxylic acids is 2. The Kier molecular flexibility index (Phi) is 4.60. The van der Waals surface area contributed by atoms with E-state index in [9.17, 15) is 9.59 Å². The molecule has 0 saturated carbocycles. The molecule has 1 fully saturated rings. The van der Waals surface area contributed by atoms with Crippen molar-refractivity contribution in [2.45, 2.75) is 26.3 Å². The van der Waals surface area contributed by atoms with Crippen LogP contribution in [-0.4, -0.2) is 47.9 Å². The summed E-state index contributed by atoms with van der Waals surface area (Å²) in [6, 6.07) is 13.9. The molecule has 2 amide bonds. The number of hydrogen-bond acceptors (Lipinski definition) is 3. The van der Waals surface area contributed by atoms with Crippen molar-refractivity contribution in [3.63, 3.8) is 0 Å². The molecule has 2 aliphatic heterocycles. The third-order valence-electron chi connectivity index (χ3n) is 5.65. The van der Waals surface area contributed by atoms with Crippen LogP contribution in [-0.2, 0) is 16.0 Å². The van der Waals surface area contributed by atoms with Crippen molar-refractivity contribution >= 4 is 11.8 Å². The number of carbonyl (C=O) groups is 2. The number of hydrogen-bond donors (Lipinski definition) is 0. The van der Waals surface area contributed by atoms with E-state index in [0.29, 0.717) is 12.3 Å². The van der Waals surface area contributed by atoms with Gasteiger partial charge < -0.3 is 14.5 Å². The van der Waals surface area contributed by atoms with Gasteiger partial charge in [-0.25, -0.2) is 0 Å². The number of benzene rings is 2. The zero-order chi connectivity index (χ0) is 19.0. The lowest BCUT2D eigenvalue weighted by Gasteiger charge is -2.44. The lowest BCUT2D eigenvalue weighted by Crippen LogP contribution is -2.56. The molecule has 0 N–H and O–H groups in total. The average Bonchev–Trinajstić information content (AvgIpc) is 2.68. The number of amides is 2. The summed E-state index contributed by atoms with van der Waals surface area (Å²) in [4.78, 5) is 28.8. The van der Waals surface area contributed by atoms with Crippen LogP contribution < -0.4 is 4.74 Å². The van der Waals surface area contributed by atoms with Gasteiger partial charge in [-0.05, 0) is 54.7 Å². The molecule has 2 aromatic carbocycles. The van der Waals surface area contributed by atoms with Gasteiger partial charge in [0.05, 0.1) is 12.6 Å². The maximum absolute atomic E-state index is 12.7. The highest BCUT2D eigenvalue weighted by Gasteiger charge is 2.38. The van der Waals surface area contributed by atoms with E-state index in [0.717, 1.165) is 24.1 Å². The Morgan fingerprint density at radius 2 is 1.96 bits per heavy atom. The smallest absolute Gasteiger partial charge is 0.261 e. The first kappa shape index (κ1) is 17.6. The minimum atomic E-state index is -0.149. The van der Waals surface area contributed by atoms with Crippen LogP contribution in [0.15, 0.2) is 42.5 Å². The molecule has 27 heavy (non-hydrogen) atoms. The van der Waals surface area contributed by atoms with Crippen molar-refractivity contribution < 1.29 is 14.3 Å². The fraction of sp³-hybridized carbons (Fsp3) is 0.364. The van der Waals surface area contributed by atoms with Gasteiger partial charge in [-0.2, -0.15) is 0 Å². The molecule has 4 rings (SSSR count). The number of aryl methyl sites for hydroxylation is 2. The van der Waals surface area contributed by atoms with Crippen molar-refractivity contribution in [3.05, 3.63) is 64.7 Å². The van der Waals surface area contributed by atoms with Gasteiger partial charge in [-0.15, -0.1) is 0 Å². The third-order valence-corrected chi connectivity index (χ3v) is 5.65. The Balaban J connectivity index is 1.46. The number of fused-ring (bicyclic) bond motifs is 3. The summed E-state index contributed by atoms with van der Waals surface area (Å²) in [6.07, 6.45) is 0.877. The van der Waals surface area contributed by atoms with Gasteiger partial charge in [0.15, 0.2) is 6.61 Å². The minimum absolute atomic E-state index is 0.0142. The summed E-state index contributed by atoms with van der Waals surface area (Å²) in [7, 11) is 0. The maximum Gasteiger partial charge on any atom is 0.261 e. The summed E-state index contributed by atoms with van der Waals surface area (Å²) in [5.41, 5.74) is 4.74. The molecule has 0 radical (unpaired) electrons. The highest BCUT2D eigenvalue weighted by atomic mass is 16.5. The van der Waals surface area contributed by atoms with Gasteiger partial charge >= 0.3 is 0 Å². The second kappa shape index (κ2) is 7.06. The fourth-order valence-corrected chi connectivity index (χ4v) is 3.90. The van der Waals surface area contributed by atoms with Gasteiger partial charge in [-0.3, -0.25) is 9.59 Å². The first-order valence-corrected chi connectivity index (χ1v) is 9.38. The standard InChI is InChI=1S/C22H24N2O3/c1-15-7-8-18(11-16(15)2)27-14-22(26)23-12-20-19-6-4-3-5-17(19)9-10-24(20)21(25)13-23/h3-8,11,20H,9-10,12-14H2,1-2H3. The van der Waals surface area contributed by atoms with Crippen molar-refractivity contribution in [1.29, 1.82) is 0 Å². The van der Waals surface area contributed by atoms with Crippen molar-refractivity contribution in [3.8, 4) is 5.75 Å². The largest absolute Gasteiger partial charge is 0.484 e. The predicted octanol–water partition coefficient (Wildman–Crippen LogP) is 2.65. The molecule has 2 aliphatic rings. The Labute approximate surface area is 159 Å². The van der Waals surface area contributed by atoms with Gasteiger partial charge in [-0.1, -0.05) is 30.3 Å². The van der Waals surface area contributed by atoms with Crippen LogP contribution in [0, 0.1) is 13.8 Å². The summed E-state index contributed by atoms with van der Waals surface area (Å²) in [6.45, 7) is 5.39. The van der Waals surface area contributed by atoms with E-state index in [-0.39, 0.29) is 31.0 Å². The van der Waals surface area contributed by atoms with Crippen molar-refractivity contribution in [2.24, 2.45) is 0 Å². The molecule has 0 aromatic heterocycles. The highest BCUT2D eigenvalue weighted by molar-refractivity contribution is 5.87. The van der Waals surface area contributed by atoms with Crippen LogP contribution in [0.4, 0.5) is 0 Å². The van der Waals surface area contributed by atoms with Crippen LogP contribution in [0.1, 0.15) is 28.3 Å². The molecule has 2 aromatic rings. The van der Waals surface area contributed by atoms with E-state index in [1.54, 1.807) is 4.90 Å². The topological polar surface area (TPSA) is 49.9 Å². The number of ether oxygens (including phenoxy) is 1. The molecule has 0 aliphatic carbocycles. The molecule has 140 valence electrons. The highest BCUT2D eigenvalue weighted by Crippen LogP contribution is 2.33. The predicted molar refractivity (Wildman–Crippen MR) is 103 cm³/mol. The average molecular weight is 364 g/mol. The monoisotopic (exact) mass is 364 g/mol. The molecule has 5 nitrogen and oxygen atoms in total. The van der Waals surface area contributed by atoms with Crippen molar-refractivity contribution in [2.75, 3.05) is 26.2 Å². The van der Waals surface area contributed by atoms with E-state index < -0.39 is 0 Å². The molecular weight excluding hydrogens is 340 g/mol. The van der Waals surface area contributed by atoms with Gasteiger partial charge in [0.2, 0.25) is 5.91 Å². The molecule has 0 bridgehead atoms. The van der Waals surface area contributed by atoms with Crippen LogP contribution in [0.25, 0.3) is 0 Å². The Morgan fingerprint density at radius 3 is 2.78 bits per heavy atom. The Hall–Kier alpha value is -2.82. The SMILES string of the molecule is Cc1ccc(OCC(=O)N2CC(=O)N3CCc4ccccc4C3C2)cc1C. The molecule has 0 spiro atoms. The second-order valence-corrected chi connectivity index (χ2v) is 7.36. The van der Waals surface area contributed by atoms with Crippen LogP contribution in [0.3, 0.4) is 0 Å². The molecular formula is C22H24N2O3. The van der Waals surface area contributed by atoms with Crippen LogP contribution in [0.2, 0.25) is 0 Å². The third kappa shape index (κ3) is 3.42. The minimum Gasteiger partial charge on any atom is -0.484 e. The zero-order valence-corrected chi connectivity index (χ0v) is 15.8. The first-order chi connectivity index (χ1) is 13.0. The number of piperazine rings is 1. The van der Waals surface area contributed by atoms with Crippen molar-refractivity contribution in [1.82, 2.24) is 9.80 Å². The first-order valence-electron chi connectivity index (χ1n) is 9.38. The van der Waals surface area contributed by atoms with Crippen LogP contribution >= 0.6 is 0 Å². The second-order valence-electron chi connectivity index (χ2n) is 7.36. The van der Waals surface area contributed by atoms with E-state index >= 15 is 0 Å². The summed E-state index contributed by atoms with van der Waals surface area (Å²) in [5.74, 6) is 0.545. The number of nitrogens with zero attached hydrogens (tertiary/aromatic N) is 2. The lowest BCUT2D eigenvalue weighted by atomic mass is 9.91. The molecule has 1 saturated heterocycles. The Bertz CT molecular complexity index is 893. The quantitative estimate of drug-likeness (QED) is 0.841. The van der Waals surface area contributed by atoms with Gasteiger partial charge in [0.1, 0.15) is 5.75 Å². The summed E-state index contributed by atoms with van der Waals surface area (Å²) < 4.78 is 5.68. The summed E-state index contributed by atoms with van der Waals surface area (Å²) in [5, 5.41) is 0. The fourth-order valence-electron chi connectivity index (χ4n) is 3.90. The van der Waals surface area contributed by atoms with E-state index in [1.807, 2.05) is 49.1 Å². The van der Waals surface area contributed by atoms with Crippen LogP contribution in [0.5, 0.6) is 5.75 Å². The number of rotatable bonds is 3. The maximum atomic E-state index is 12.7. The summed E-state index contributed by atoms with van der Waals surface area (Å²) >= 11 is 0. The molecule has 1 atom stereocenters. The van der Waals surface area contributed by atoms with Gasteiger partial charge in [0, 0.05) is 13.1 Å². The van der Waals surface area contributed by atoms with E-state index in [1.165, 1.54) is 11.1 Å². The van der Waals surface area contributed by atoms with E-state index in [2.05, 4.69) is 12.1 Å². The van der Waals surface area contributed by atoms with E-state index in [4.69, 9.17) is 4.74 Å². The Morgan fingerprint density at radius 1 is 1.15 bits per heavy atom.